The van der Waals surface area contributed by atoms with E-state index in [4.69, 9.17) is 11.6 Å². The number of halogens is 5. The first-order chi connectivity index (χ1) is 7.82. The summed E-state index contributed by atoms with van der Waals surface area (Å²) in [6.07, 6.45) is -5.28. The van der Waals surface area contributed by atoms with E-state index in [1.54, 1.807) is 0 Å². The topological polar surface area (TPSA) is 34.1 Å². The van der Waals surface area contributed by atoms with Crippen LogP contribution in [0.25, 0.3) is 0 Å². The fraction of sp³-hybridized carbons (Fsp3) is 0.200. The maximum atomic E-state index is 13.1. The minimum atomic E-state index is -5.00. The van der Waals surface area contributed by atoms with Crippen LogP contribution in [0.1, 0.15) is 26.3 Å². The van der Waals surface area contributed by atoms with Crippen molar-refractivity contribution in [3.8, 4) is 0 Å². The van der Waals surface area contributed by atoms with Crippen LogP contribution in [0.4, 0.5) is 17.6 Å². The predicted molar refractivity (Wildman–Crippen MR) is 51.8 cm³/mol. The summed E-state index contributed by atoms with van der Waals surface area (Å²) in [5.41, 5.74) is -3.58. The maximum absolute atomic E-state index is 13.1. The summed E-state index contributed by atoms with van der Waals surface area (Å²) in [4.78, 5) is 21.7. The molecule has 0 aliphatic carbocycles. The summed E-state index contributed by atoms with van der Waals surface area (Å²) >= 11 is 5.14. The number of hydrogen-bond donors (Lipinski definition) is 0. The van der Waals surface area contributed by atoms with Gasteiger partial charge in [-0.25, -0.2) is 4.39 Å². The van der Waals surface area contributed by atoms with Crippen LogP contribution in [0, 0.1) is 5.82 Å². The summed E-state index contributed by atoms with van der Waals surface area (Å²) < 4.78 is 51.0. The molecule has 7 heteroatoms. The Morgan fingerprint density at radius 2 is 1.94 bits per heavy atom. The molecule has 0 aromatic heterocycles. The highest BCUT2D eigenvalue weighted by molar-refractivity contribution is 6.30. The smallest absolute Gasteiger partial charge is 0.298 e. The number of ketones is 1. The van der Waals surface area contributed by atoms with Gasteiger partial charge in [-0.3, -0.25) is 9.59 Å². The normalized spacial score (nSPS) is 11.4. The van der Waals surface area contributed by atoms with Crippen LogP contribution in [-0.2, 0) is 6.18 Å². The second kappa shape index (κ2) is 4.83. The van der Waals surface area contributed by atoms with Gasteiger partial charge < -0.3 is 0 Å². The van der Waals surface area contributed by atoms with Gasteiger partial charge in [0.1, 0.15) is 5.82 Å². The molecule has 17 heavy (non-hydrogen) atoms. The molecule has 2 nitrogen and oxygen atoms in total. The molecule has 0 aliphatic rings. The molecule has 0 bridgehead atoms. The molecule has 0 saturated carbocycles. The van der Waals surface area contributed by atoms with E-state index in [9.17, 15) is 27.2 Å². The third kappa shape index (κ3) is 2.63. The van der Waals surface area contributed by atoms with Crippen molar-refractivity contribution >= 4 is 23.7 Å². The molecule has 0 aliphatic heterocycles. The van der Waals surface area contributed by atoms with Crippen LogP contribution < -0.4 is 0 Å². The average Bonchev–Trinajstić information content (AvgIpc) is 2.26. The Morgan fingerprint density at radius 3 is 2.35 bits per heavy atom. The quantitative estimate of drug-likeness (QED) is 0.365. The fourth-order valence-electron chi connectivity index (χ4n) is 1.32. The lowest BCUT2D eigenvalue weighted by atomic mass is 9.98. The summed E-state index contributed by atoms with van der Waals surface area (Å²) in [5, 5.41) is 0. The van der Waals surface area contributed by atoms with E-state index in [0.717, 1.165) is 0 Å². The van der Waals surface area contributed by atoms with E-state index in [-0.39, 0.29) is 6.29 Å². The van der Waals surface area contributed by atoms with Crippen molar-refractivity contribution in [3.05, 3.63) is 34.6 Å². The second-order valence-corrected chi connectivity index (χ2v) is 3.32. The van der Waals surface area contributed by atoms with Crippen LogP contribution in [0.5, 0.6) is 0 Å². The van der Waals surface area contributed by atoms with E-state index in [0.29, 0.717) is 12.1 Å². The Kier molecular flexibility index (Phi) is 3.87. The highest BCUT2D eigenvalue weighted by Crippen LogP contribution is 2.35. The van der Waals surface area contributed by atoms with Crippen molar-refractivity contribution in [1.82, 2.24) is 0 Å². The van der Waals surface area contributed by atoms with Crippen molar-refractivity contribution in [3.63, 3.8) is 0 Å². The number of alkyl halides is 4. The third-order valence-corrected chi connectivity index (χ3v) is 2.26. The van der Waals surface area contributed by atoms with Gasteiger partial charge in [0.2, 0.25) is 0 Å². The number of hydrogen-bond acceptors (Lipinski definition) is 2. The van der Waals surface area contributed by atoms with Crippen molar-refractivity contribution in [2.45, 2.75) is 6.18 Å². The maximum Gasteiger partial charge on any atom is 0.417 e. The van der Waals surface area contributed by atoms with Crippen LogP contribution >= 0.6 is 11.6 Å². The van der Waals surface area contributed by atoms with Crippen molar-refractivity contribution in [1.29, 1.82) is 0 Å². The Bertz CT molecular complexity index is 468. The first kappa shape index (κ1) is 13.6. The highest BCUT2D eigenvalue weighted by atomic mass is 35.5. The van der Waals surface area contributed by atoms with Crippen LogP contribution in [0.15, 0.2) is 12.1 Å². The SMILES string of the molecule is O=Cc1c(F)ccc(C(=O)CCl)c1C(F)(F)F. The lowest BCUT2D eigenvalue weighted by Gasteiger charge is -2.14. The number of carbonyl (C=O) groups excluding carboxylic acids is 2. The summed E-state index contributed by atoms with van der Waals surface area (Å²) in [5.74, 6) is -3.05. The van der Waals surface area contributed by atoms with Gasteiger partial charge in [0.15, 0.2) is 12.1 Å². The van der Waals surface area contributed by atoms with E-state index in [2.05, 4.69) is 0 Å². The number of aldehydes is 1. The molecule has 0 N–H and O–H groups in total. The molecule has 0 spiro atoms. The van der Waals surface area contributed by atoms with E-state index >= 15 is 0 Å². The molecular weight excluding hydrogens is 264 g/mol. The van der Waals surface area contributed by atoms with Gasteiger partial charge in [-0.1, -0.05) is 0 Å². The Morgan fingerprint density at radius 1 is 1.35 bits per heavy atom. The molecule has 1 aromatic rings. The van der Waals surface area contributed by atoms with Crippen molar-refractivity contribution in [2.24, 2.45) is 0 Å². The molecule has 0 fully saturated rings. The molecular formula is C10H5ClF4O2. The number of Topliss-reactive ketones (excluding diaryl/α,β-unsaturated/α-hetero) is 1. The second-order valence-electron chi connectivity index (χ2n) is 3.06. The molecule has 0 radical (unpaired) electrons. The summed E-state index contributed by atoms with van der Waals surface area (Å²) in [7, 11) is 0. The molecule has 1 rings (SSSR count). The van der Waals surface area contributed by atoms with E-state index < -0.39 is 40.3 Å². The molecule has 0 atom stereocenters. The minimum Gasteiger partial charge on any atom is -0.298 e. The summed E-state index contributed by atoms with van der Waals surface area (Å²) in [6, 6.07) is 1.29. The third-order valence-electron chi connectivity index (χ3n) is 2.02. The number of benzene rings is 1. The van der Waals surface area contributed by atoms with Gasteiger partial charge in [0, 0.05) is 5.56 Å². The van der Waals surface area contributed by atoms with E-state index in [1.807, 2.05) is 0 Å². The molecule has 0 unspecified atom stereocenters. The van der Waals surface area contributed by atoms with Crippen LogP contribution in [0.3, 0.4) is 0 Å². The Hall–Kier alpha value is -1.43. The van der Waals surface area contributed by atoms with Crippen molar-refractivity contribution in [2.75, 3.05) is 5.88 Å². The zero-order valence-electron chi connectivity index (χ0n) is 8.15. The lowest BCUT2D eigenvalue weighted by Crippen LogP contribution is -2.18. The monoisotopic (exact) mass is 268 g/mol. The summed E-state index contributed by atoms with van der Waals surface area (Å²) in [6.45, 7) is 0. The fourth-order valence-corrected chi connectivity index (χ4v) is 1.46. The van der Waals surface area contributed by atoms with Crippen LogP contribution in [0.2, 0.25) is 0 Å². The molecule has 1 aromatic carbocycles. The predicted octanol–water partition coefficient (Wildman–Crippen LogP) is 3.08. The Labute approximate surface area is 98.2 Å². The van der Waals surface area contributed by atoms with Gasteiger partial charge in [-0.2, -0.15) is 13.2 Å². The highest BCUT2D eigenvalue weighted by Gasteiger charge is 2.38. The van der Waals surface area contributed by atoms with Crippen molar-refractivity contribution < 1.29 is 27.2 Å². The Balaban J connectivity index is 3.63. The molecule has 92 valence electrons. The number of rotatable bonds is 3. The van der Waals surface area contributed by atoms with Gasteiger partial charge in [0.05, 0.1) is 17.0 Å². The number of carbonyl (C=O) groups is 2. The molecule has 0 amide bonds. The zero-order chi connectivity index (χ0) is 13.2. The largest absolute Gasteiger partial charge is 0.417 e. The molecule has 0 heterocycles. The first-order valence-corrected chi connectivity index (χ1v) is 4.80. The minimum absolute atomic E-state index is 0.275. The standard InChI is InChI=1S/C10H5ClF4O2/c11-3-8(17)5-1-2-7(12)6(4-16)9(5)10(13,14)15/h1-2,4H,3H2. The van der Waals surface area contributed by atoms with Gasteiger partial charge >= 0.3 is 6.18 Å². The van der Waals surface area contributed by atoms with Gasteiger partial charge in [-0.05, 0) is 12.1 Å². The van der Waals surface area contributed by atoms with Gasteiger partial charge in [-0.15, -0.1) is 11.6 Å². The molecule has 0 saturated heterocycles. The first-order valence-electron chi connectivity index (χ1n) is 4.27. The average molecular weight is 269 g/mol. The van der Waals surface area contributed by atoms with Crippen LogP contribution in [-0.4, -0.2) is 17.9 Å². The lowest BCUT2D eigenvalue weighted by molar-refractivity contribution is -0.138. The van der Waals surface area contributed by atoms with Gasteiger partial charge in [0.25, 0.3) is 0 Å². The zero-order valence-corrected chi connectivity index (χ0v) is 8.90. The van der Waals surface area contributed by atoms with E-state index in [1.165, 1.54) is 0 Å².